The molecule has 2 heterocycles. The summed E-state index contributed by atoms with van der Waals surface area (Å²) < 4.78 is 2.34. The van der Waals surface area contributed by atoms with E-state index in [2.05, 4.69) is 18.0 Å². The van der Waals surface area contributed by atoms with Crippen molar-refractivity contribution in [3.63, 3.8) is 0 Å². The Morgan fingerprint density at radius 2 is 2.00 bits per heavy atom. The molecule has 0 aliphatic heterocycles. The monoisotopic (exact) mass is 366 g/mol. The Labute approximate surface area is 154 Å². The lowest BCUT2D eigenvalue weighted by molar-refractivity contribution is 0.746. The summed E-state index contributed by atoms with van der Waals surface area (Å²) in [6.45, 7) is 2.58. The van der Waals surface area contributed by atoms with E-state index in [9.17, 15) is 4.79 Å². The first kappa shape index (κ1) is 16.1. The molecule has 25 heavy (non-hydrogen) atoms. The quantitative estimate of drug-likeness (QED) is 0.503. The van der Waals surface area contributed by atoms with Crippen LogP contribution in [0.1, 0.15) is 11.1 Å². The van der Waals surface area contributed by atoms with Gasteiger partial charge in [-0.1, -0.05) is 48.0 Å². The predicted molar refractivity (Wildman–Crippen MR) is 105 cm³/mol. The van der Waals surface area contributed by atoms with Crippen LogP contribution in [-0.4, -0.2) is 9.55 Å². The summed E-state index contributed by atoms with van der Waals surface area (Å²) in [4.78, 5) is 17.4. The van der Waals surface area contributed by atoms with E-state index < -0.39 is 0 Å². The lowest BCUT2D eigenvalue weighted by atomic mass is 10.1. The molecule has 3 nitrogen and oxygen atoms in total. The number of nitrogens with zero attached hydrogens (tertiary/aromatic N) is 2. The molecule has 2 aromatic heterocycles. The van der Waals surface area contributed by atoms with Gasteiger partial charge < -0.3 is 0 Å². The molecule has 0 atom stereocenters. The molecule has 0 saturated heterocycles. The first-order valence-corrected chi connectivity index (χ1v) is 9.16. The number of rotatable bonds is 3. The van der Waals surface area contributed by atoms with Crippen LogP contribution in [0.3, 0.4) is 0 Å². The maximum Gasteiger partial charge on any atom is 0.271 e. The molecule has 0 radical (unpaired) electrons. The zero-order chi connectivity index (χ0) is 17.4. The van der Waals surface area contributed by atoms with E-state index in [0.717, 1.165) is 22.2 Å². The maximum atomic E-state index is 12.9. The first-order chi connectivity index (χ1) is 12.1. The summed E-state index contributed by atoms with van der Waals surface area (Å²) in [5, 5.41) is 2.65. The average molecular weight is 367 g/mol. The molecule has 124 valence electrons. The van der Waals surface area contributed by atoms with Gasteiger partial charge in [-0.25, -0.2) is 4.98 Å². The Balaban J connectivity index is 1.80. The van der Waals surface area contributed by atoms with Crippen LogP contribution in [-0.2, 0) is 6.54 Å². The number of aromatic nitrogens is 2. The molecule has 0 N–H and O–H groups in total. The smallest absolute Gasteiger partial charge is 0.271 e. The topological polar surface area (TPSA) is 34.9 Å². The van der Waals surface area contributed by atoms with Gasteiger partial charge in [0.15, 0.2) is 0 Å². The number of benzene rings is 2. The lowest BCUT2D eigenvalue weighted by Gasteiger charge is -2.08. The van der Waals surface area contributed by atoms with Crippen LogP contribution in [0.25, 0.3) is 21.3 Å². The van der Waals surface area contributed by atoms with Crippen LogP contribution in [0.2, 0.25) is 5.02 Å². The SMILES string of the molecule is Cc1ccccc1Cn1cnc2c(-c3cccc(Cl)c3)csc2c1=O. The van der Waals surface area contributed by atoms with Gasteiger partial charge in [0.1, 0.15) is 4.70 Å². The third kappa shape index (κ3) is 2.99. The summed E-state index contributed by atoms with van der Waals surface area (Å²) in [6.07, 6.45) is 1.64. The molecule has 0 amide bonds. The Morgan fingerprint density at radius 1 is 1.16 bits per heavy atom. The molecule has 0 fully saturated rings. The van der Waals surface area contributed by atoms with Crippen molar-refractivity contribution < 1.29 is 0 Å². The van der Waals surface area contributed by atoms with Gasteiger partial charge >= 0.3 is 0 Å². The Bertz CT molecular complexity index is 1130. The second kappa shape index (κ2) is 6.47. The zero-order valence-corrected chi connectivity index (χ0v) is 15.1. The van der Waals surface area contributed by atoms with E-state index >= 15 is 0 Å². The Morgan fingerprint density at radius 3 is 2.80 bits per heavy atom. The first-order valence-electron chi connectivity index (χ1n) is 7.90. The average Bonchev–Trinajstić information content (AvgIpc) is 3.04. The fourth-order valence-electron chi connectivity index (χ4n) is 2.89. The normalized spacial score (nSPS) is 11.1. The van der Waals surface area contributed by atoms with E-state index in [1.807, 2.05) is 47.8 Å². The number of halogens is 1. The minimum absolute atomic E-state index is 0.00784. The number of thiophene rings is 1. The van der Waals surface area contributed by atoms with Crippen molar-refractivity contribution in [2.75, 3.05) is 0 Å². The van der Waals surface area contributed by atoms with Crippen LogP contribution in [0.15, 0.2) is 65.0 Å². The molecule has 0 unspecified atom stereocenters. The molecule has 5 heteroatoms. The van der Waals surface area contributed by atoms with Crippen molar-refractivity contribution >= 4 is 33.2 Å². The number of aryl methyl sites for hydroxylation is 1. The van der Waals surface area contributed by atoms with Crippen LogP contribution >= 0.6 is 22.9 Å². The van der Waals surface area contributed by atoms with E-state index in [1.165, 1.54) is 16.9 Å². The number of fused-ring (bicyclic) bond motifs is 1. The highest BCUT2D eigenvalue weighted by Gasteiger charge is 2.13. The predicted octanol–water partition coefficient (Wildman–Crippen LogP) is 5.14. The van der Waals surface area contributed by atoms with E-state index in [1.54, 1.807) is 10.9 Å². The van der Waals surface area contributed by atoms with Gasteiger partial charge in [0.25, 0.3) is 5.56 Å². The van der Waals surface area contributed by atoms with Crippen LogP contribution in [0, 0.1) is 6.92 Å². The summed E-state index contributed by atoms with van der Waals surface area (Å²) in [6, 6.07) is 15.7. The molecule has 4 rings (SSSR count). The van der Waals surface area contributed by atoms with Gasteiger partial charge in [-0.3, -0.25) is 9.36 Å². The van der Waals surface area contributed by atoms with Gasteiger partial charge in [0, 0.05) is 16.0 Å². The highest BCUT2D eigenvalue weighted by Crippen LogP contribution is 2.31. The second-order valence-corrected chi connectivity index (χ2v) is 7.26. The molecule has 0 spiro atoms. The van der Waals surface area contributed by atoms with Gasteiger partial charge in [0.05, 0.1) is 18.4 Å². The third-order valence-corrected chi connectivity index (χ3v) is 5.48. The molecular weight excluding hydrogens is 352 g/mol. The number of hydrogen-bond donors (Lipinski definition) is 0. The zero-order valence-electron chi connectivity index (χ0n) is 13.6. The largest absolute Gasteiger partial charge is 0.294 e. The van der Waals surface area contributed by atoms with Crippen LogP contribution in [0.4, 0.5) is 0 Å². The van der Waals surface area contributed by atoms with Crippen LogP contribution in [0.5, 0.6) is 0 Å². The molecular formula is C20H15ClN2OS. The highest BCUT2D eigenvalue weighted by molar-refractivity contribution is 7.17. The number of hydrogen-bond acceptors (Lipinski definition) is 3. The Kier molecular flexibility index (Phi) is 4.15. The van der Waals surface area contributed by atoms with Crippen molar-refractivity contribution in [2.45, 2.75) is 13.5 Å². The van der Waals surface area contributed by atoms with Crippen molar-refractivity contribution in [3.05, 3.63) is 86.7 Å². The summed E-state index contributed by atoms with van der Waals surface area (Å²) >= 11 is 7.52. The third-order valence-electron chi connectivity index (χ3n) is 4.28. The molecule has 0 aliphatic carbocycles. The molecule has 0 saturated carbocycles. The Hall–Kier alpha value is -2.43. The van der Waals surface area contributed by atoms with Crippen molar-refractivity contribution in [1.29, 1.82) is 0 Å². The van der Waals surface area contributed by atoms with Gasteiger partial charge in [-0.15, -0.1) is 11.3 Å². The fraction of sp³-hybridized carbons (Fsp3) is 0.100. The molecule has 0 aliphatic rings. The summed E-state index contributed by atoms with van der Waals surface area (Å²) in [5.41, 5.74) is 4.94. The van der Waals surface area contributed by atoms with Gasteiger partial charge in [-0.05, 0) is 35.7 Å². The second-order valence-electron chi connectivity index (χ2n) is 5.94. The fourth-order valence-corrected chi connectivity index (χ4v) is 4.05. The summed E-state index contributed by atoms with van der Waals surface area (Å²) in [5.74, 6) is 0. The minimum atomic E-state index is -0.00784. The van der Waals surface area contributed by atoms with Gasteiger partial charge in [-0.2, -0.15) is 0 Å². The summed E-state index contributed by atoms with van der Waals surface area (Å²) in [7, 11) is 0. The van der Waals surface area contributed by atoms with Crippen molar-refractivity contribution in [3.8, 4) is 11.1 Å². The minimum Gasteiger partial charge on any atom is -0.294 e. The van der Waals surface area contributed by atoms with Crippen molar-refractivity contribution in [2.24, 2.45) is 0 Å². The van der Waals surface area contributed by atoms with E-state index in [4.69, 9.17) is 11.6 Å². The molecule has 2 aromatic carbocycles. The standard InChI is InChI=1S/C20H15ClN2OS/c1-13-5-2-3-6-15(13)10-23-12-22-18-17(11-25-19(18)20(23)24)14-7-4-8-16(21)9-14/h2-9,11-12H,10H2,1H3. The van der Waals surface area contributed by atoms with Gasteiger partial charge in [0.2, 0.25) is 0 Å². The van der Waals surface area contributed by atoms with E-state index in [0.29, 0.717) is 16.3 Å². The van der Waals surface area contributed by atoms with E-state index in [-0.39, 0.29) is 5.56 Å². The van der Waals surface area contributed by atoms with Crippen molar-refractivity contribution in [1.82, 2.24) is 9.55 Å². The molecule has 4 aromatic rings. The maximum absolute atomic E-state index is 12.9. The highest BCUT2D eigenvalue weighted by atomic mass is 35.5. The lowest BCUT2D eigenvalue weighted by Crippen LogP contribution is -2.20. The molecule has 0 bridgehead atoms. The van der Waals surface area contributed by atoms with Crippen LogP contribution < -0.4 is 5.56 Å².